The van der Waals surface area contributed by atoms with Gasteiger partial charge in [0, 0.05) is 55.2 Å². The van der Waals surface area contributed by atoms with E-state index in [0.29, 0.717) is 5.56 Å². The summed E-state index contributed by atoms with van der Waals surface area (Å²) in [6, 6.07) is 16.2. The van der Waals surface area contributed by atoms with Crippen LogP contribution in [0.4, 0.5) is 5.69 Å². The van der Waals surface area contributed by atoms with Crippen LogP contribution in [0.25, 0.3) is 0 Å². The lowest BCUT2D eigenvalue weighted by Crippen LogP contribution is -2.52. The molecule has 3 aromatic rings. The van der Waals surface area contributed by atoms with Crippen molar-refractivity contribution in [3.63, 3.8) is 0 Å². The molecular formula is C24H28N4O2S. The zero-order valence-electron chi connectivity index (χ0n) is 17.9. The van der Waals surface area contributed by atoms with Gasteiger partial charge < -0.3 is 15.0 Å². The minimum absolute atomic E-state index is 0.0288. The molecule has 1 aliphatic heterocycles. The van der Waals surface area contributed by atoms with Gasteiger partial charge in [-0.1, -0.05) is 6.07 Å². The topological polar surface area (TPSA) is 57.7 Å². The van der Waals surface area contributed by atoms with Crippen LogP contribution in [0.3, 0.4) is 0 Å². The van der Waals surface area contributed by atoms with Crippen LogP contribution in [0, 0.1) is 0 Å². The molecule has 0 unspecified atom stereocenters. The summed E-state index contributed by atoms with van der Waals surface area (Å²) < 4.78 is 5.27. The second-order valence-electron chi connectivity index (χ2n) is 7.69. The van der Waals surface area contributed by atoms with Gasteiger partial charge >= 0.3 is 0 Å². The monoisotopic (exact) mass is 436 g/mol. The minimum Gasteiger partial charge on any atom is -0.497 e. The third kappa shape index (κ3) is 5.06. The summed E-state index contributed by atoms with van der Waals surface area (Å²) in [5.41, 5.74) is 1.80. The summed E-state index contributed by atoms with van der Waals surface area (Å²) in [4.78, 5) is 22.9. The number of nitrogens with one attached hydrogen (secondary N) is 1. The van der Waals surface area contributed by atoms with Crippen LogP contribution in [0.2, 0.25) is 0 Å². The number of carbonyl (C=O) groups is 1. The highest BCUT2D eigenvalue weighted by atomic mass is 32.1. The molecule has 1 aromatic carbocycles. The zero-order chi connectivity index (χ0) is 21.6. The van der Waals surface area contributed by atoms with Crippen molar-refractivity contribution in [1.82, 2.24) is 15.2 Å². The minimum atomic E-state index is -0.0842. The molecule has 2 aromatic heterocycles. The number of amides is 1. The average molecular weight is 437 g/mol. The Balaban J connectivity index is 1.44. The molecular weight excluding hydrogens is 408 g/mol. The molecule has 1 fully saturated rings. The SMILES string of the molecule is COc1ccc(N2CCN([C@H](c3cccs3)[C@@H](C)NC(=O)c3cccnc3)CC2)cc1. The molecule has 0 saturated carbocycles. The Labute approximate surface area is 187 Å². The van der Waals surface area contributed by atoms with E-state index in [1.165, 1.54) is 10.6 Å². The normalized spacial score (nSPS) is 16.5. The number of nitrogens with zero attached hydrogens (tertiary/aromatic N) is 3. The molecule has 2 atom stereocenters. The summed E-state index contributed by atoms with van der Waals surface area (Å²) in [5, 5.41) is 5.30. The number of hydrogen-bond donors (Lipinski definition) is 1. The maximum Gasteiger partial charge on any atom is 0.253 e. The summed E-state index contributed by atoms with van der Waals surface area (Å²) in [5.74, 6) is 0.789. The van der Waals surface area contributed by atoms with Crippen LogP contribution in [0.15, 0.2) is 66.3 Å². The van der Waals surface area contributed by atoms with Crippen molar-refractivity contribution in [2.75, 3.05) is 38.2 Å². The number of anilines is 1. The Hall–Kier alpha value is -2.90. The predicted octanol–water partition coefficient (Wildman–Crippen LogP) is 3.83. The van der Waals surface area contributed by atoms with E-state index in [9.17, 15) is 4.79 Å². The molecule has 0 radical (unpaired) electrons. The van der Waals surface area contributed by atoms with Crippen molar-refractivity contribution in [2.24, 2.45) is 0 Å². The number of piperazine rings is 1. The van der Waals surface area contributed by atoms with Gasteiger partial charge in [0.2, 0.25) is 0 Å². The Morgan fingerprint density at radius 2 is 1.87 bits per heavy atom. The highest BCUT2D eigenvalue weighted by molar-refractivity contribution is 7.10. The molecule has 31 heavy (non-hydrogen) atoms. The van der Waals surface area contributed by atoms with Gasteiger partial charge in [-0.3, -0.25) is 14.7 Å². The van der Waals surface area contributed by atoms with Crippen LogP contribution in [-0.4, -0.2) is 55.1 Å². The van der Waals surface area contributed by atoms with E-state index >= 15 is 0 Å². The van der Waals surface area contributed by atoms with Gasteiger partial charge in [-0.15, -0.1) is 11.3 Å². The molecule has 0 bridgehead atoms. The molecule has 7 heteroatoms. The second kappa shape index (κ2) is 9.94. The maximum absolute atomic E-state index is 12.7. The smallest absolute Gasteiger partial charge is 0.253 e. The van der Waals surface area contributed by atoms with Crippen LogP contribution in [0.1, 0.15) is 28.2 Å². The first-order valence-corrected chi connectivity index (χ1v) is 11.4. The molecule has 162 valence electrons. The average Bonchev–Trinajstić information content (AvgIpc) is 3.34. The van der Waals surface area contributed by atoms with Crippen molar-refractivity contribution in [3.8, 4) is 5.75 Å². The van der Waals surface area contributed by atoms with E-state index in [-0.39, 0.29) is 18.0 Å². The van der Waals surface area contributed by atoms with Crippen molar-refractivity contribution < 1.29 is 9.53 Å². The molecule has 1 aliphatic rings. The zero-order valence-corrected chi connectivity index (χ0v) is 18.7. The Bertz CT molecular complexity index is 955. The number of hydrogen-bond acceptors (Lipinski definition) is 6. The highest BCUT2D eigenvalue weighted by Gasteiger charge is 2.31. The first-order chi connectivity index (χ1) is 15.2. The molecule has 3 heterocycles. The van der Waals surface area contributed by atoms with Crippen LogP contribution in [-0.2, 0) is 0 Å². The highest BCUT2D eigenvalue weighted by Crippen LogP contribution is 2.30. The van der Waals surface area contributed by atoms with E-state index in [1.54, 1.807) is 43.0 Å². The van der Waals surface area contributed by atoms with Crippen molar-refractivity contribution in [3.05, 3.63) is 76.7 Å². The van der Waals surface area contributed by atoms with Crippen LogP contribution in [0.5, 0.6) is 5.75 Å². The predicted molar refractivity (Wildman–Crippen MR) is 125 cm³/mol. The first kappa shape index (κ1) is 21.3. The number of aromatic nitrogens is 1. The third-order valence-electron chi connectivity index (χ3n) is 5.74. The van der Waals surface area contributed by atoms with Gasteiger partial charge in [0.05, 0.1) is 18.7 Å². The standard InChI is InChI=1S/C24H28N4O2S/c1-18(26-24(29)19-5-3-11-25-17-19)23(22-6-4-16-31-22)28-14-12-27(13-15-28)20-7-9-21(30-2)10-8-20/h3-11,16-18,23H,12-15H2,1-2H3,(H,26,29)/t18-,23+/m1/s1. The number of ether oxygens (including phenoxy) is 1. The number of rotatable bonds is 7. The lowest BCUT2D eigenvalue weighted by atomic mass is 10.0. The quantitative estimate of drug-likeness (QED) is 0.610. The van der Waals surface area contributed by atoms with Gasteiger partial charge in [0.25, 0.3) is 5.91 Å². The second-order valence-corrected chi connectivity index (χ2v) is 8.66. The molecule has 4 rings (SSSR count). The van der Waals surface area contributed by atoms with Gasteiger partial charge in [-0.05, 0) is 54.8 Å². The maximum atomic E-state index is 12.7. The van der Waals surface area contributed by atoms with E-state index in [1.807, 2.05) is 12.1 Å². The largest absolute Gasteiger partial charge is 0.497 e. The summed E-state index contributed by atoms with van der Waals surface area (Å²) in [6.07, 6.45) is 3.28. The summed E-state index contributed by atoms with van der Waals surface area (Å²) in [6.45, 7) is 5.84. The number of carbonyl (C=O) groups excluding carboxylic acids is 1. The van der Waals surface area contributed by atoms with Crippen molar-refractivity contribution >= 4 is 22.9 Å². The number of benzene rings is 1. The molecule has 1 N–H and O–H groups in total. The Morgan fingerprint density at radius 1 is 1.10 bits per heavy atom. The molecule has 0 aliphatic carbocycles. The van der Waals surface area contributed by atoms with E-state index < -0.39 is 0 Å². The summed E-state index contributed by atoms with van der Waals surface area (Å²) in [7, 11) is 1.69. The van der Waals surface area contributed by atoms with E-state index in [4.69, 9.17) is 4.74 Å². The van der Waals surface area contributed by atoms with Gasteiger partial charge in [0.1, 0.15) is 5.75 Å². The fourth-order valence-corrected chi connectivity index (χ4v) is 5.08. The van der Waals surface area contributed by atoms with Gasteiger partial charge in [0.15, 0.2) is 0 Å². The van der Waals surface area contributed by atoms with E-state index in [2.05, 4.69) is 56.7 Å². The number of pyridine rings is 1. The Kier molecular flexibility index (Phi) is 6.84. The van der Waals surface area contributed by atoms with Crippen LogP contribution >= 0.6 is 11.3 Å². The van der Waals surface area contributed by atoms with Gasteiger partial charge in [-0.25, -0.2) is 0 Å². The molecule has 6 nitrogen and oxygen atoms in total. The molecule has 1 amide bonds. The fraction of sp³-hybridized carbons (Fsp3) is 0.333. The van der Waals surface area contributed by atoms with Crippen LogP contribution < -0.4 is 15.0 Å². The van der Waals surface area contributed by atoms with Crippen molar-refractivity contribution in [2.45, 2.75) is 19.0 Å². The fourth-order valence-electron chi connectivity index (χ4n) is 4.12. The third-order valence-corrected chi connectivity index (χ3v) is 6.68. The van der Waals surface area contributed by atoms with Gasteiger partial charge in [-0.2, -0.15) is 0 Å². The lowest BCUT2D eigenvalue weighted by molar-refractivity contribution is 0.0890. The van der Waals surface area contributed by atoms with Crippen molar-refractivity contribution in [1.29, 1.82) is 0 Å². The number of methoxy groups -OCH3 is 1. The Morgan fingerprint density at radius 3 is 2.48 bits per heavy atom. The molecule has 1 saturated heterocycles. The lowest BCUT2D eigenvalue weighted by Gasteiger charge is -2.42. The number of thiophene rings is 1. The first-order valence-electron chi connectivity index (χ1n) is 10.5. The summed E-state index contributed by atoms with van der Waals surface area (Å²) >= 11 is 1.74. The van der Waals surface area contributed by atoms with E-state index in [0.717, 1.165) is 31.9 Å². The molecule has 0 spiro atoms.